The van der Waals surface area contributed by atoms with E-state index in [1.54, 1.807) is 12.1 Å². The summed E-state index contributed by atoms with van der Waals surface area (Å²) in [4.78, 5) is 154. The van der Waals surface area contributed by atoms with Gasteiger partial charge < -0.3 is 106 Å². The number of rotatable bonds is 49. The molecule has 0 unspecified atom stereocenters. The summed E-state index contributed by atoms with van der Waals surface area (Å²) >= 11 is 0. The lowest BCUT2D eigenvalue weighted by atomic mass is 9.88. The molecule has 34 heteroatoms. The molecule has 0 aromatic heterocycles. The molecule has 32 N–H and O–H groups in total. The minimum absolute atomic E-state index is 0.00512. The van der Waals surface area contributed by atoms with Gasteiger partial charge in [-0.15, -0.1) is 0 Å². The van der Waals surface area contributed by atoms with Gasteiger partial charge in [0.1, 0.15) is 5.75 Å². The van der Waals surface area contributed by atoms with Gasteiger partial charge in [0, 0.05) is 95.2 Å². The van der Waals surface area contributed by atoms with Gasteiger partial charge in [0.2, 0.25) is 29.5 Å². The van der Waals surface area contributed by atoms with Gasteiger partial charge in [0.25, 0.3) is 0 Å². The smallest absolute Gasteiger partial charge is 0.227 e. The van der Waals surface area contributed by atoms with E-state index in [4.69, 9.17) is 80.3 Å². The third-order valence-corrected chi connectivity index (χ3v) is 15.5. The van der Waals surface area contributed by atoms with Crippen LogP contribution in [0, 0.1) is 23.7 Å². The summed E-state index contributed by atoms with van der Waals surface area (Å²) in [5.41, 5.74) is 79.1. The largest absolute Gasteiger partial charge is 0.508 e. The number of phenols is 1. The normalized spacial score (nSPS) is 14.8. The highest BCUT2D eigenvalue weighted by molar-refractivity contribution is 5.98. The predicted octanol–water partition coefficient (Wildman–Crippen LogP) is -4.38. The lowest BCUT2D eigenvalue weighted by Crippen LogP contribution is -2.49. The summed E-state index contributed by atoms with van der Waals surface area (Å²) in [5.74, 6) is -10.8. The number of Topliss-reactive ketones (excluding diaryl/α,β-unsaturated/α-hetero) is 4. The molecule has 1 aliphatic rings. The summed E-state index contributed by atoms with van der Waals surface area (Å²) in [7, 11) is 0. The molecule has 93 heavy (non-hydrogen) atoms. The number of ketones is 4. The molecular weight excluding hydrogens is 1200 g/mol. The van der Waals surface area contributed by atoms with E-state index in [0.717, 1.165) is 0 Å². The number of likely N-dealkylation sites (tertiary alicyclic amines) is 1. The number of nitrogens with two attached hydrogens (primary N) is 14. The summed E-state index contributed by atoms with van der Waals surface area (Å²) < 4.78 is 0. The van der Waals surface area contributed by atoms with Crippen molar-refractivity contribution in [1.29, 1.82) is 0 Å². The summed E-state index contributed by atoms with van der Waals surface area (Å²) in [6, 6.07) is 1.57. The van der Waals surface area contributed by atoms with Crippen molar-refractivity contribution in [2.75, 3.05) is 52.4 Å². The van der Waals surface area contributed by atoms with Crippen molar-refractivity contribution in [2.45, 2.75) is 165 Å². The number of unbranched alkanes of at least 4 members (excludes halogenated alkanes) is 1. The molecule has 1 aromatic carbocycles. The Kier molecular flexibility index (Phi) is 37.9. The standard InChI is InChI=1S/C59H104N24O10/c60-22-2-1-10-37(34-48(88)44-17-9-29-83(44)49(89)30-35-18-20-40(84)21-19-35)51(91)81-42(15-7-27-78-58(70)71)46(86)33-39(13-5-25-76-56(66)67)53(93)82-43(16-8-28-79-59(72)73)47(87)32-38(12-4-24-75-55(64)65)52(92)80-41(14-6-26-77-57(68)69)45(85)31-36(50(61)90)11-3-23-74-54(62)63/h18-21,36-39,41-44,84H,1-17,22-34,60H2,(H2,61,90)(H,80,92)(H,81,91)(H,82,93)(H4,62,63,74)(H4,64,65,75)(H4,66,67,76)(H4,68,69,77)(H4,70,71,78)(H4,72,73,79)/t36-,37-,38-,39-,41+,42+,43+,44+/m1/s1. The van der Waals surface area contributed by atoms with Gasteiger partial charge in [-0.05, 0) is 127 Å². The molecule has 8 atom stereocenters. The lowest BCUT2D eigenvalue weighted by Gasteiger charge is -2.27. The third-order valence-electron chi connectivity index (χ3n) is 15.5. The Morgan fingerprint density at radius 2 is 0.763 bits per heavy atom. The van der Waals surface area contributed by atoms with Crippen LogP contribution in [0.3, 0.4) is 0 Å². The molecule has 1 aliphatic heterocycles. The zero-order valence-corrected chi connectivity index (χ0v) is 53.5. The third kappa shape index (κ3) is 34.0. The van der Waals surface area contributed by atoms with Gasteiger partial charge in [0.05, 0.1) is 30.6 Å². The number of aromatic hydroxyl groups is 1. The van der Waals surface area contributed by atoms with Crippen LogP contribution >= 0.6 is 0 Å². The van der Waals surface area contributed by atoms with E-state index in [2.05, 4.69) is 45.9 Å². The molecule has 0 spiro atoms. The average Bonchev–Trinajstić information content (AvgIpc) is 1.85. The first-order chi connectivity index (χ1) is 44.1. The second-order valence-corrected chi connectivity index (χ2v) is 23.1. The van der Waals surface area contributed by atoms with Crippen molar-refractivity contribution in [2.24, 2.45) is 134 Å². The predicted molar refractivity (Wildman–Crippen MR) is 356 cm³/mol. The molecule has 1 aromatic rings. The van der Waals surface area contributed by atoms with Crippen LogP contribution in [0.1, 0.15) is 140 Å². The zero-order valence-electron chi connectivity index (χ0n) is 53.5. The fourth-order valence-corrected chi connectivity index (χ4v) is 10.6. The highest BCUT2D eigenvalue weighted by Crippen LogP contribution is 2.26. The van der Waals surface area contributed by atoms with Crippen LogP contribution < -0.4 is 96.2 Å². The van der Waals surface area contributed by atoms with Crippen LogP contribution in [0.5, 0.6) is 5.75 Å². The molecule has 0 saturated carbocycles. The van der Waals surface area contributed by atoms with Crippen molar-refractivity contribution in [1.82, 2.24) is 20.9 Å². The number of hydrogen-bond acceptors (Lipinski definition) is 17. The number of benzene rings is 1. The van der Waals surface area contributed by atoms with E-state index in [1.807, 2.05) is 0 Å². The Balaban J connectivity index is 2.63. The molecule has 1 saturated heterocycles. The Labute approximate surface area is 543 Å². The fraction of sp³-hybridized carbons (Fsp3) is 0.644. The van der Waals surface area contributed by atoms with Gasteiger partial charge in [-0.25, -0.2) is 0 Å². The maximum Gasteiger partial charge on any atom is 0.227 e. The molecular formula is C59H104N24O10. The molecule has 0 aliphatic carbocycles. The molecule has 1 fully saturated rings. The number of primary amides is 1. The van der Waals surface area contributed by atoms with Crippen molar-refractivity contribution in [3.05, 3.63) is 29.8 Å². The van der Waals surface area contributed by atoms with Crippen molar-refractivity contribution >= 4 is 88.4 Å². The molecule has 2 rings (SSSR count). The van der Waals surface area contributed by atoms with E-state index in [0.29, 0.717) is 50.8 Å². The molecule has 1 heterocycles. The van der Waals surface area contributed by atoms with Crippen LogP contribution in [-0.4, -0.2) is 175 Å². The van der Waals surface area contributed by atoms with Gasteiger partial charge in [-0.3, -0.25) is 73.1 Å². The van der Waals surface area contributed by atoms with Gasteiger partial charge >= 0.3 is 0 Å². The van der Waals surface area contributed by atoms with Crippen LogP contribution in [0.15, 0.2) is 54.2 Å². The van der Waals surface area contributed by atoms with Gasteiger partial charge in [-0.2, -0.15) is 0 Å². The highest BCUT2D eigenvalue weighted by atomic mass is 16.3. The van der Waals surface area contributed by atoms with Crippen LogP contribution in [0.4, 0.5) is 0 Å². The first-order valence-corrected chi connectivity index (χ1v) is 31.5. The molecule has 0 radical (unpaired) electrons. The molecule has 5 amide bonds. The quantitative estimate of drug-likeness (QED) is 0.0166. The van der Waals surface area contributed by atoms with E-state index >= 15 is 0 Å². The van der Waals surface area contributed by atoms with Crippen LogP contribution in [0.25, 0.3) is 0 Å². The van der Waals surface area contributed by atoms with E-state index in [9.17, 15) is 48.3 Å². The summed E-state index contributed by atoms with van der Waals surface area (Å²) in [5, 5.41) is 18.2. The van der Waals surface area contributed by atoms with Crippen molar-refractivity contribution in [3.63, 3.8) is 0 Å². The Morgan fingerprint density at radius 1 is 0.441 bits per heavy atom. The highest BCUT2D eigenvalue weighted by Gasteiger charge is 2.38. The number of nitrogens with one attached hydrogen (secondary N) is 3. The maximum absolute atomic E-state index is 14.8. The van der Waals surface area contributed by atoms with Crippen molar-refractivity contribution in [3.8, 4) is 5.75 Å². The van der Waals surface area contributed by atoms with E-state index in [-0.39, 0.29) is 189 Å². The SMILES string of the molecule is NCCCC[C@H](CC(=O)[C@@H]1CCCN1C(=O)Cc1ccc(O)cc1)C(=O)N[C@@H](CCCN=C(N)N)C(=O)C[C@@H](CCCN=C(N)N)C(=O)N[C@@H](CCCN=C(N)N)C(=O)C[C@@H](CCCN=C(N)N)C(=O)N[C@@H](CCCN=C(N)N)C(=O)C[C@@H](CCCN=C(N)N)C(N)=O. The van der Waals surface area contributed by atoms with Crippen LogP contribution in [-0.2, 0) is 49.6 Å². The Hall–Kier alpha value is -9.37. The number of carbonyl (C=O) groups excluding carboxylic acids is 9. The fourth-order valence-electron chi connectivity index (χ4n) is 10.6. The number of hydrogen-bond donors (Lipinski definition) is 18. The van der Waals surface area contributed by atoms with Crippen LogP contribution in [0.2, 0.25) is 0 Å². The van der Waals surface area contributed by atoms with E-state index in [1.165, 1.54) is 17.0 Å². The number of amides is 5. The summed E-state index contributed by atoms with van der Waals surface area (Å²) in [6.45, 7) is 1.04. The van der Waals surface area contributed by atoms with E-state index < -0.39 is 102 Å². The average molecular weight is 1310 g/mol. The minimum atomic E-state index is -1.33. The minimum Gasteiger partial charge on any atom is -0.508 e. The first-order valence-electron chi connectivity index (χ1n) is 31.5. The number of aliphatic imine (C=N–C) groups is 6. The molecule has 34 nitrogen and oxygen atoms in total. The number of guanidine groups is 6. The van der Waals surface area contributed by atoms with Gasteiger partial charge in [0.15, 0.2) is 58.9 Å². The number of phenolic OH excluding ortho intramolecular Hbond substituents is 1. The number of carbonyl (C=O) groups is 9. The second-order valence-electron chi connectivity index (χ2n) is 23.1. The first kappa shape index (κ1) is 79.7. The van der Waals surface area contributed by atoms with Gasteiger partial charge in [-0.1, -0.05) is 18.6 Å². The Bertz CT molecular complexity index is 2750. The zero-order chi connectivity index (χ0) is 69.4. The monoisotopic (exact) mass is 1310 g/mol. The maximum atomic E-state index is 14.8. The molecule has 0 bridgehead atoms. The molecule has 520 valence electrons. The van der Waals surface area contributed by atoms with Crippen molar-refractivity contribution < 1.29 is 48.3 Å². The second kappa shape index (κ2) is 44.2. The topological polar surface area (TPSA) is 652 Å². The Morgan fingerprint density at radius 3 is 1.11 bits per heavy atom. The lowest BCUT2D eigenvalue weighted by molar-refractivity contribution is -0.139. The number of nitrogens with zero attached hydrogens (tertiary/aromatic N) is 7. The summed E-state index contributed by atoms with van der Waals surface area (Å²) in [6.07, 6.45) is 1.71.